The molecular formula is C29H30BrOP. The molecule has 0 unspecified atom stereocenters. The van der Waals surface area contributed by atoms with Crippen LogP contribution in [0.4, 0.5) is 0 Å². The van der Waals surface area contributed by atoms with Crippen molar-refractivity contribution in [3.8, 4) is 5.75 Å². The number of halogens is 1. The maximum Gasteiger partial charge on any atom is 0.119 e. The molecule has 1 nitrogen and oxygen atoms in total. The van der Waals surface area contributed by atoms with Gasteiger partial charge in [-0.15, -0.1) is 0 Å². The fraction of sp³-hybridized carbons (Fsp3) is 0.172. The summed E-state index contributed by atoms with van der Waals surface area (Å²) >= 11 is 0. The first kappa shape index (κ1) is 24.2. The van der Waals surface area contributed by atoms with Gasteiger partial charge < -0.3 is 21.7 Å². The quantitative estimate of drug-likeness (QED) is 0.251. The average Bonchev–Trinajstić information content (AvgIpc) is 2.85. The van der Waals surface area contributed by atoms with Crippen molar-refractivity contribution in [2.45, 2.75) is 25.9 Å². The lowest BCUT2D eigenvalue weighted by molar-refractivity contribution is -0.00000665. The molecule has 4 aromatic rings. The zero-order valence-electron chi connectivity index (χ0n) is 18.5. The molecule has 0 radical (unpaired) electrons. The maximum atomic E-state index is 5.89. The second kappa shape index (κ2) is 12.0. The lowest BCUT2D eigenvalue weighted by atomic mass is 10.2. The van der Waals surface area contributed by atoms with Gasteiger partial charge in [0.05, 0.1) is 12.8 Å². The number of rotatable bonds is 9. The molecule has 0 aromatic heterocycles. The van der Waals surface area contributed by atoms with Crippen LogP contribution in [0.2, 0.25) is 0 Å². The highest BCUT2D eigenvalue weighted by Gasteiger charge is 2.45. The van der Waals surface area contributed by atoms with E-state index in [9.17, 15) is 0 Å². The standard InChI is InChI=1S/C29H30OP.BrH/c1-2-3-23-30-26-21-19-25(20-22-26)24-31(27-13-7-4-8-14-27,28-15-9-5-10-16-28)29-17-11-6-12-18-29;/h4-22H,2-3,23-24H2,1H3;1H/q+1;/p-1. The van der Waals surface area contributed by atoms with Crippen molar-refractivity contribution in [3.63, 3.8) is 0 Å². The Morgan fingerprint density at radius 2 is 1.03 bits per heavy atom. The molecule has 4 rings (SSSR count). The van der Waals surface area contributed by atoms with E-state index in [1.54, 1.807) is 0 Å². The third-order valence-electron chi connectivity index (χ3n) is 5.70. The van der Waals surface area contributed by atoms with Gasteiger partial charge >= 0.3 is 0 Å². The molecule has 0 bridgehead atoms. The highest BCUT2D eigenvalue weighted by molar-refractivity contribution is 7.95. The Balaban J connectivity index is 0.00000289. The highest BCUT2D eigenvalue weighted by Crippen LogP contribution is 2.58. The van der Waals surface area contributed by atoms with E-state index in [4.69, 9.17) is 4.74 Å². The molecule has 0 aliphatic carbocycles. The predicted octanol–water partition coefficient (Wildman–Crippen LogP) is 3.36. The summed E-state index contributed by atoms with van der Waals surface area (Å²) in [5.41, 5.74) is 1.34. The molecule has 0 N–H and O–H groups in total. The second-order valence-electron chi connectivity index (χ2n) is 7.82. The number of benzene rings is 4. The molecule has 3 heteroatoms. The van der Waals surface area contributed by atoms with E-state index in [2.05, 4.69) is 122 Å². The van der Waals surface area contributed by atoms with E-state index in [1.807, 2.05) is 0 Å². The molecular weight excluding hydrogens is 475 g/mol. The SMILES string of the molecule is CCCCOc1ccc(C[P+](c2ccccc2)(c2ccccc2)c2ccccc2)cc1.[Br-]. The molecule has 0 spiro atoms. The van der Waals surface area contributed by atoms with Gasteiger partial charge in [0.1, 0.15) is 28.9 Å². The smallest absolute Gasteiger partial charge is 0.119 e. The fourth-order valence-corrected chi connectivity index (χ4v) is 8.31. The van der Waals surface area contributed by atoms with E-state index in [-0.39, 0.29) is 17.0 Å². The predicted molar refractivity (Wildman–Crippen MR) is 136 cm³/mol. The minimum Gasteiger partial charge on any atom is -1.00 e. The van der Waals surface area contributed by atoms with Gasteiger partial charge in [-0.2, -0.15) is 0 Å². The largest absolute Gasteiger partial charge is 1.00 e. The Hall–Kier alpha value is -2.41. The summed E-state index contributed by atoms with van der Waals surface area (Å²) in [7, 11) is -1.86. The van der Waals surface area contributed by atoms with Crippen LogP contribution < -0.4 is 37.6 Å². The van der Waals surface area contributed by atoms with Crippen molar-refractivity contribution in [2.24, 2.45) is 0 Å². The summed E-state index contributed by atoms with van der Waals surface area (Å²) in [4.78, 5) is 0. The number of hydrogen-bond donors (Lipinski definition) is 0. The molecule has 0 atom stereocenters. The Morgan fingerprint density at radius 1 is 0.594 bits per heavy atom. The summed E-state index contributed by atoms with van der Waals surface area (Å²) in [5.74, 6) is 0.959. The Morgan fingerprint density at radius 3 is 1.44 bits per heavy atom. The van der Waals surface area contributed by atoms with E-state index in [0.717, 1.165) is 31.4 Å². The van der Waals surface area contributed by atoms with Gasteiger partial charge in [0.15, 0.2) is 0 Å². The third kappa shape index (κ3) is 5.49. The topological polar surface area (TPSA) is 9.23 Å². The van der Waals surface area contributed by atoms with Gasteiger partial charge in [-0.1, -0.05) is 80.1 Å². The normalized spacial score (nSPS) is 10.9. The maximum absolute atomic E-state index is 5.89. The molecule has 164 valence electrons. The lowest BCUT2D eigenvalue weighted by Gasteiger charge is -2.28. The molecule has 0 heterocycles. The Kier molecular flexibility index (Phi) is 9.09. The molecule has 32 heavy (non-hydrogen) atoms. The van der Waals surface area contributed by atoms with Crippen LogP contribution >= 0.6 is 7.26 Å². The van der Waals surface area contributed by atoms with Gasteiger partial charge in [0.2, 0.25) is 0 Å². The fourth-order valence-electron chi connectivity index (χ4n) is 4.07. The molecule has 0 saturated heterocycles. The summed E-state index contributed by atoms with van der Waals surface area (Å²) in [6.45, 7) is 2.97. The zero-order chi connectivity index (χ0) is 21.4. The summed E-state index contributed by atoms with van der Waals surface area (Å²) in [6, 6.07) is 41.9. The summed E-state index contributed by atoms with van der Waals surface area (Å²) < 4.78 is 5.89. The number of unbranched alkanes of at least 4 members (excludes halogenated alkanes) is 1. The van der Waals surface area contributed by atoms with Gasteiger partial charge in [0.25, 0.3) is 0 Å². The third-order valence-corrected chi connectivity index (χ3v) is 10.1. The lowest BCUT2D eigenvalue weighted by Crippen LogP contribution is -3.00. The van der Waals surface area contributed by atoms with Crippen LogP contribution in [-0.4, -0.2) is 6.61 Å². The van der Waals surface area contributed by atoms with E-state index in [0.29, 0.717) is 0 Å². The first-order chi connectivity index (χ1) is 15.3. The van der Waals surface area contributed by atoms with Crippen molar-refractivity contribution in [3.05, 3.63) is 121 Å². The Bertz CT molecular complexity index is 954. The molecule has 0 aliphatic heterocycles. The van der Waals surface area contributed by atoms with Gasteiger partial charge in [-0.3, -0.25) is 0 Å². The molecule has 4 aromatic carbocycles. The van der Waals surface area contributed by atoms with Crippen molar-refractivity contribution >= 4 is 23.2 Å². The van der Waals surface area contributed by atoms with E-state index >= 15 is 0 Å². The van der Waals surface area contributed by atoms with Crippen molar-refractivity contribution in [2.75, 3.05) is 6.61 Å². The molecule has 0 amide bonds. The van der Waals surface area contributed by atoms with Crippen LogP contribution in [0.5, 0.6) is 5.75 Å². The average molecular weight is 505 g/mol. The van der Waals surface area contributed by atoms with Crippen LogP contribution in [-0.2, 0) is 6.16 Å². The van der Waals surface area contributed by atoms with Crippen molar-refractivity contribution < 1.29 is 21.7 Å². The first-order valence-electron chi connectivity index (χ1n) is 11.1. The van der Waals surface area contributed by atoms with Gasteiger partial charge in [-0.25, -0.2) is 0 Å². The summed E-state index contributed by atoms with van der Waals surface area (Å²) in [5, 5.41) is 4.24. The van der Waals surface area contributed by atoms with Crippen molar-refractivity contribution in [1.29, 1.82) is 0 Å². The van der Waals surface area contributed by atoms with Crippen LogP contribution in [0, 0.1) is 0 Å². The van der Waals surface area contributed by atoms with Crippen LogP contribution in [0.1, 0.15) is 25.3 Å². The minimum absolute atomic E-state index is 0. The number of hydrogen-bond acceptors (Lipinski definition) is 1. The van der Waals surface area contributed by atoms with E-state index < -0.39 is 7.26 Å². The van der Waals surface area contributed by atoms with E-state index in [1.165, 1.54) is 21.5 Å². The molecule has 0 saturated carbocycles. The molecule has 0 aliphatic rings. The zero-order valence-corrected chi connectivity index (χ0v) is 21.0. The monoisotopic (exact) mass is 504 g/mol. The highest BCUT2D eigenvalue weighted by atomic mass is 79.9. The van der Waals surface area contributed by atoms with Crippen LogP contribution in [0.3, 0.4) is 0 Å². The first-order valence-corrected chi connectivity index (χ1v) is 13.1. The van der Waals surface area contributed by atoms with Gasteiger partial charge in [-0.05, 0) is 60.5 Å². The minimum atomic E-state index is -1.86. The Labute approximate surface area is 203 Å². The van der Waals surface area contributed by atoms with Crippen LogP contribution in [0.25, 0.3) is 0 Å². The van der Waals surface area contributed by atoms with Crippen molar-refractivity contribution in [1.82, 2.24) is 0 Å². The number of ether oxygens (including phenoxy) is 1. The van der Waals surface area contributed by atoms with Crippen LogP contribution in [0.15, 0.2) is 115 Å². The summed E-state index contributed by atoms with van der Waals surface area (Å²) in [6.07, 6.45) is 3.23. The molecule has 0 fully saturated rings. The second-order valence-corrected chi connectivity index (χ2v) is 11.3. The van der Waals surface area contributed by atoms with Gasteiger partial charge in [0, 0.05) is 0 Å².